The van der Waals surface area contributed by atoms with Gasteiger partial charge in [-0.25, -0.2) is 9.18 Å². The van der Waals surface area contributed by atoms with Gasteiger partial charge >= 0.3 is 6.09 Å². The van der Waals surface area contributed by atoms with E-state index in [0.717, 1.165) is 11.3 Å². The number of amides is 1. The van der Waals surface area contributed by atoms with Crippen LogP contribution in [0, 0.1) is 18.2 Å². The second-order valence-corrected chi connectivity index (χ2v) is 9.15. The largest absolute Gasteiger partial charge is 0.465 e. The Labute approximate surface area is 172 Å². The molecule has 4 nitrogen and oxygen atoms in total. The molecule has 29 heavy (non-hydrogen) atoms. The zero-order valence-corrected chi connectivity index (χ0v) is 17.7. The van der Waals surface area contributed by atoms with Gasteiger partial charge in [-0.3, -0.25) is 0 Å². The van der Waals surface area contributed by atoms with Crippen LogP contribution >= 0.6 is 0 Å². The van der Waals surface area contributed by atoms with Gasteiger partial charge in [-0.2, -0.15) is 0 Å². The lowest BCUT2D eigenvalue weighted by Crippen LogP contribution is -2.54. The molecule has 1 amide bonds. The lowest BCUT2D eigenvalue weighted by Gasteiger charge is -2.45. The van der Waals surface area contributed by atoms with Crippen molar-refractivity contribution in [2.45, 2.75) is 59.0 Å². The highest BCUT2D eigenvalue weighted by atomic mass is 19.1. The SMILES string of the molecule is Cc1ccc(Cc2c(F)cccc2NC2CCN(C(=O)O)C(C(C)(C)C)C2)cc1. The number of benzene rings is 2. The van der Waals surface area contributed by atoms with E-state index in [1.54, 1.807) is 11.0 Å². The molecule has 2 unspecified atom stereocenters. The maximum Gasteiger partial charge on any atom is 0.407 e. The Balaban J connectivity index is 1.80. The summed E-state index contributed by atoms with van der Waals surface area (Å²) in [6, 6.07) is 13.3. The van der Waals surface area contributed by atoms with Crippen LogP contribution in [0.1, 0.15) is 50.3 Å². The highest BCUT2D eigenvalue weighted by molar-refractivity contribution is 5.66. The molecule has 0 bridgehead atoms. The van der Waals surface area contributed by atoms with Crippen molar-refractivity contribution in [3.63, 3.8) is 0 Å². The highest BCUT2D eigenvalue weighted by Crippen LogP contribution is 2.34. The van der Waals surface area contributed by atoms with Crippen LogP contribution in [0.25, 0.3) is 0 Å². The van der Waals surface area contributed by atoms with Crippen molar-refractivity contribution >= 4 is 11.8 Å². The highest BCUT2D eigenvalue weighted by Gasteiger charge is 2.38. The molecule has 1 aliphatic heterocycles. The Morgan fingerprint density at radius 2 is 1.90 bits per heavy atom. The Bertz CT molecular complexity index is 858. The molecule has 1 heterocycles. The van der Waals surface area contributed by atoms with Gasteiger partial charge in [0.15, 0.2) is 0 Å². The summed E-state index contributed by atoms with van der Waals surface area (Å²) < 4.78 is 14.7. The average molecular weight is 399 g/mol. The summed E-state index contributed by atoms with van der Waals surface area (Å²) in [5.74, 6) is -0.217. The van der Waals surface area contributed by atoms with E-state index in [0.29, 0.717) is 31.4 Å². The lowest BCUT2D eigenvalue weighted by molar-refractivity contribution is 0.0557. The third-order valence-corrected chi connectivity index (χ3v) is 5.83. The van der Waals surface area contributed by atoms with Crippen molar-refractivity contribution < 1.29 is 14.3 Å². The minimum atomic E-state index is -0.866. The third-order valence-electron chi connectivity index (χ3n) is 5.83. The Morgan fingerprint density at radius 1 is 1.21 bits per heavy atom. The molecule has 0 aromatic heterocycles. The number of anilines is 1. The fourth-order valence-electron chi connectivity index (χ4n) is 4.15. The predicted octanol–water partition coefficient (Wildman–Crippen LogP) is 5.69. The number of halogens is 1. The van der Waals surface area contributed by atoms with E-state index in [4.69, 9.17) is 0 Å². The van der Waals surface area contributed by atoms with E-state index in [2.05, 4.69) is 26.1 Å². The van der Waals surface area contributed by atoms with E-state index in [1.807, 2.05) is 37.3 Å². The number of hydrogen-bond donors (Lipinski definition) is 2. The zero-order valence-electron chi connectivity index (χ0n) is 17.7. The number of carbonyl (C=O) groups is 1. The van der Waals surface area contributed by atoms with Gasteiger partial charge in [0.2, 0.25) is 0 Å². The standard InChI is InChI=1S/C24H31FN2O2/c1-16-8-10-17(11-9-16)14-19-20(25)6-5-7-21(19)26-18-12-13-27(23(28)29)22(15-18)24(2,3)4/h5-11,18,22,26H,12-15H2,1-4H3,(H,28,29). The Morgan fingerprint density at radius 3 is 2.52 bits per heavy atom. The van der Waals surface area contributed by atoms with Crippen LogP contribution in [0.4, 0.5) is 14.9 Å². The van der Waals surface area contributed by atoms with Gasteiger partial charge in [-0.05, 0) is 42.9 Å². The Kier molecular flexibility index (Phi) is 6.15. The molecule has 0 radical (unpaired) electrons. The quantitative estimate of drug-likeness (QED) is 0.695. The molecule has 5 heteroatoms. The van der Waals surface area contributed by atoms with Crippen LogP contribution in [-0.2, 0) is 6.42 Å². The van der Waals surface area contributed by atoms with Gasteiger partial charge in [0.25, 0.3) is 0 Å². The number of hydrogen-bond acceptors (Lipinski definition) is 2. The van der Waals surface area contributed by atoms with Crippen molar-refractivity contribution in [3.05, 3.63) is 65.0 Å². The topological polar surface area (TPSA) is 52.6 Å². The molecule has 2 N–H and O–H groups in total. The van der Waals surface area contributed by atoms with Gasteiger partial charge in [0.05, 0.1) is 0 Å². The fourth-order valence-corrected chi connectivity index (χ4v) is 4.15. The van der Waals surface area contributed by atoms with Gasteiger partial charge < -0.3 is 15.3 Å². The first-order valence-electron chi connectivity index (χ1n) is 10.2. The normalized spacial score (nSPS) is 19.8. The zero-order chi connectivity index (χ0) is 21.2. The van der Waals surface area contributed by atoms with Gasteiger partial charge in [0.1, 0.15) is 5.82 Å². The summed E-state index contributed by atoms with van der Waals surface area (Å²) in [5.41, 5.74) is 3.54. The third kappa shape index (κ3) is 5.08. The van der Waals surface area contributed by atoms with E-state index in [1.165, 1.54) is 11.6 Å². The molecule has 1 saturated heterocycles. The van der Waals surface area contributed by atoms with Crippen LogP contribution in [-0.4, -0.2) is 34.7 Å². The van der Waals surface area contributed by atoms with Crippen LogP contribution < -0.4 is 5.32 Å². The van der Waals surface area contributed by atoms with Gasteiger partial charge in [-0.15, -0.1) is 0 Å². The second kappa shape index (κ2) is 8.44. The summed E-state index contributed by atoms with van der Waals surface area (Å²) >= 11 is 0. The summed E-state index contributed by atoms with van der Waals surface area (Å²) in [6.07, 6.45) is 1.07. The molecule has 2 aromatic rings. The molecule has 3 rings (SSSR count). The van der Waals surface area contributed by atoms with Gasteiger partial charge in [0, 0.05) is 36.3 Å². The minimum absolute atomic E-state index is 0.0830. The lowest BCUT2D eigenvalue weighted by atomic mass is 9.79. The summed E-state index contributed by atoms with van der Waals surface area (Å²) in [6.45, 7) is 8.73. The van der Waals surface area contributed by atoms with Crippen molar-refractivity contribution in [1.29, 1.82) is 0 Å². The molecular weight excluding hydrogens is 367 g/mol. The fraction of sp³-hybridized carbons (Fsp3) is 0.458. The summed E-state index contributed by atoms with van der Waals surface area (Å²) in [4.78, 5) is 13.2. The van der Waals surface area contributed by atoms with Crippen LogP contribution in [0.15, 0.2) is 42.5 Å². The van der Waals surface area contributed by atoms with E-state index in [9.17, 15) is 14.3 Å². The molecule has 0 saturated carbocycles. The van der Waals surface area contributed by atoms with Crippen molar-refractivity contribution in [2.24, 2.45) is 5.41 Å². The molecule has 0 spiro atoms. The molecule has 2 aromatic carbocycles. The Hall–Kier alpha value is -2.56. The van der Waals surface area contributed by atoms with Crippen LogP contribution in [0.2, 0.25) is 0 Å². The first-order valence-corrected chi connectivity index (χ1v) is 10.2. The van der Waals surface area contributed by atoms with E-state index in [-0.39, 0.29) is 23.3 Å². The van der Waals surface area contributed by atoms with Gasteiger partial charge in [-0.1, -0.05) is 56.7 Å². The van der Waals surface area contributed by atoms with E-state index >= 15 is 0 Å². The minimum Gasteiger partial charge on any atom is -0.465 e. The van der Waals surface area contributed by atoms with Crippen molar-refractivity contribution in [3.8, 4) is 0 Å². The first kappa shape index (κ1) is 21.2. The monoisotopic (exact) mass is 398 g/mol. The predicted molar refractivity (Wildman–Crippen MR) is 115 cm³/mol. The number of likely N-dealkylation sites (tertiary alicyclic amines) is 1. The molecule has 1 fully saturated rings. The number of rotatable bonds is 4. The average Bonchev–Trinajstić information content (AvgIpc) is 2.65. The van der Waals surface area contributed by atoms with Crippen molar-refractivity contribution in [2.75, 3.05) is 11.9 Å². The van der Waals surface area contributed by atoms with Crippen LogP contribution in [0.3, 0.4) is 0 Å². The number of nitrogens with zero attached hydrogens (tertiary/aromatic N) is 1. The number of aryl methyl sites for hydroxylation is 1. The molecule has 0 aliphatic carbocycles. The summed E-state index contributed by atoms with van der Waals surface area (Å²) in [5, 5.41) is 13.1. The maximum atomic E-state index is 14.7. The first-order chi connectivity index (χ1) is 13.6. The maximum absolute atomic E-state index is 14.7. The van der Waals surface area contributed by atoms with Crippen molar-refractivity contribution in [1.82, 2.24) is 4.90 Å². The molecular formula is C24H31FN2O2. The number of carboxylic acid groups (broad SMARTS) is 1. The smallest absolute Gasteiger partial charge is 0.407 e. The van der Waals surface area contributed by atoms with E-state index < -0.39 is 6.09 Å². The summed E-state index contributed by atoms with van der Waals surface area (Å²) in [7, 11) is 0. The van der Waals surface area contributed by atoms with Crippen LogP contribution in [0.5, 0.6) is 0 Å². The number of piperidine rings is 1. The second-order valence-electron chi connectivity index (χ2n) is 9.15. The number of nitrogens with one attached hydrogen (secondary N) is 1. The molecule has 2 atom stereocenters. The molecule has 156 valence electrons. The molecule has 1 aliphatic rings.